The zero-order valence-corrected chi connectivity index (χ0v) is 9.68. The van der Waals surface area contributed by atoms with Crippen LogP contribution in [0.5, 0.6) is 0 Å². The van der Waals surface area contributed by atoms with Crippen molar-refractivity contribution in [1.82, 2.24) is 4.90 Å². The normalized spacial score (nSPS) is 22.6. The van der Waals surface area contributed by atoms with Gasteiger partial charge in [-0.25, -0.2) is 0 Å². The Morgan fingerprint density at radius 1 is 1.38 bits per heavy atom. The van der Waals surface area contributed by atoms with Gasteiger partial charge in [-0.3, -0.25) is 4.79 Å². The third-order valence-corrected chi connectivity index (χ3v) is 3.24. The number of carbonyl (C=O) groups excluding carboxylic acids is 1. The van der Waals surface area contributed by atoms with E-state index in [1.165, 1.54) is 5.56 Å². The van der Waals surface area contributed by atoms with Gasteiger partial charge in [0.2, 0.25) is 5.91 Å². The van der Waals surface area contributed by atoms with Crippen LogP contribution in [0.1, 0.15) is 23.7 Å². The van der Waals surface area contributed by atoms with Crippen LogP contribution in [0.2, 0.25) is 0 Å². The maximum absolute atomic E-state index is 11.4. The van der Waals surface area contributed by atoms with E-state index in [-0.39, 0.29) is 11.8 Å². The third-order valence-electron chi connectivity index (χ3n) is 3.24. The first-order chi connectivity index (χ1) is 7.58. The van der Waals surface area contributed by atoms with Gasteiger partial charge in [0, 0.05) is 25.9 Å². The van der Waals surface area contributed by atoms with Crippen LogP contribution in [0.4, 0.5) is 0 Å². The zero-order chi connectivity index (χ0) is 11.7. The lowest BCUT2D eigenvalue weighted by molar-refractivity contribution is -0.126. The van der Waals surface area contributed by atoms with Crippen LogP contribution in [0.25, 0.3) is 0 Å². The van der Waals surface area contributed by atoms with Crippen molar-refractivity contribution >= 4 is 5.91 Å². The van der Waals surface area contributed by atoms with Crippen molar-refractivity contribution in [2.24, 2.45) is 5.92 Å². The molecule has 2 unspecified atom stereocenters. The van der Waals surface area contributed by atoms with Crippen LogP contribution in [0.3, 0.4) is 0 Å². The lowest BCUT2D eigenvalue weighted by Gasteiger charge is -2.17. The fourth-order valence-corrected chi connectivity index (χ4v) is 2.15. The summed E-state index contributed by atoms with van der Waals surface area (Å²) in [6.45, 7) is 2.66. The van der Waals surface area contributed by atoms with Crippen LogP contribution in [-0.2, 0) is 4.79 Å². The topological polar surface area (TPSA) is 40.5 Å². The number of aliphatic hydroxyl groups excluding tert-OH is 1. The molecule has 1 aromatic rings. The lowest BCUT2D eigenvalue weighted by Crippen LogP contribution is -2.20. The molecule has 1 N–H and O–H groups in total. The Hall–Kier alpha value is -1.35. The van der Waals surface area contributed by atoms with Gasteiger partial charge in [-0.15, -0.1) is 0 Å². The molecule has 1 aromatic carbocycles. The summed E-state index contributed by atoms with van der Waals surface area (Å²) in [5, 5.41) is 10.2. The van der Waals surface area contributed by atoms with Crippen LogP contribution in [-0.4, -0.2) is 29.5 Å². The highest BCUT2D eigenvalue weighted by Crippen LogP contribution is 2.29. The minimum atomic E-state index is -0.533. The molecule has 86 valence electrons. The summed E-state index contributed by atoms with van der Waals surface area (Å²) in [6, 6.07) is 7.84. The number of hydrogen-bond acceptors (Lipinski definition) is 2. The third kappa shape index (κ3) is 2.09. The largest absolute Gasteiger partial charge is 0.388 e. The summed E-state index contributed by atoms with van der Waals surface area (Å²) < 4.78 is 0. The number of rotatable bonds is 2. The standard InChI is InChI=1S/C13H17NO2/c1-9-3-5-10(6-4-9)13(16)11-7-12(15)14(2)8-11/h3-6,11,13,16H,7-8H2,1-2H3. The van der Waals surface area contributed by atoms with E-state index in [9.17, 15) is 9.90 Å². The first-order valence-corrected chi connectivity index (χ1v) is 5.56. The van der Waals surface area contributed by atoms with E-state index in [1.54, 1.807) is 11.9 Å². The molecule has 1 saturated heterocycles. The average Bonchev–Trinajstić information content (AvgIpc) is 2.59. The molecular formula is C13H17NO2. The van der Waals surface area contributed by atoms with Gasteiger partial charge < -0.3 is 10.0 Å². The van der Waals surface area contributed by atoms with E-state index in [2.05, 4.69) is 0 Å². The van der Waals surface area contributed by atoms with Gasteiger partial charge in [-0.05, 0) is 12.5 Å². The highest BCUT2D eigenvalue weighted by Gasteiger charge is 2.32. The highest BCUT2D eigenvalue weighted by atomic mass is 16.3. The lowest BCUT2D eigenvalue weighted by atomic mass is 9.94. The number of amides is 1. The van der Waals surface area contributed by atoms with Gasteiger partial charge in [0.25, 0.3) is 0 Å². The van der Waals surface area contributed by atoms with Gasteiger partial charge in [0.1, 0.15) is 0 Å². The van der Waals surface area contributed by atoms with Gasteiger partial charge in [-0.2, -0.15) is 0 Å². The summed E-state index contributed by atoms with van der Waals surface area (Å²) in [6.07, 6.45) is -0.0829. The van der Waals surface area contributed by atoms with E-state index < -0.39 is 6.10 Å². The minimum absolute atomic E-state index is 0.0280. The van der Waals surface area contributed by atoms with E-state index in [4.69, 9.17) is 0 Å². The Labute approximate surface area is 95.7 Å². The number of aryl methyl sites for hydroxylation is 1. The molecule has 16 heavy (non-hydrogen) atoms. The van der Waals surface area contributed by atoms with Crippen LogP contribution in [0.15, 0.2) is 24.3 Å². The maximum atomic E-state index is 11.4. The molecule has 0 spiro atoms. The summed E-state index contributed by atoms with van der Waals surface area (Å²) >= 11 is 0. The quantitative estimate of drug-likeness (QED) is 0.819. The SMILES string of the molecule is Cc1ccc(C(O)C2CC(=O)N(C)C2)cc1. The second-order valence-corrected chi connectivity index (χ2v) is 4.59. The summed E-state index contributed by atoms with van der Waals surface area (Å²) in [5.41, 5.74) is 2.08. The highest BCUT2D eigenvalue weighted by molar-refractivity contribution is 5.78. The molecule has 3 nitrogen and oxygen atoms in total. The summed E-state index contributed by atoms with van der Waals surface area (Å²) in [7, 11) is 1.78. The number of benzene rings is 1. The van der Waals surface area contributed by atoms with Crippen molar-refractivity contribution in [3.05, 3.63) is 35.4 Å². The minimum Gasteiger partial charge on any atom is -0.388 e. The molecule has 0 aliphatic carbocycles. The van der Waals surface area contributed by atoms with E-state index in [0.29, 0.717) is 13.0 Å². The monoisotopic (exact) mass is 219 g/mol. The Morgan fingerprint density at radius 2 is 2.00 bits per heavy atom. The zero-order valence-electron chi connectivity index (χ0n) is 9.68. The van der Waals surface area contributed by atoms with Crippen molar-refractivity contribution in [3.63, 3.8) is 0 Å². The molecule has 0 radical (unpaired) electrons. The smallest absolute Gasteiger partial charge is 0.222 e. The molecule has 1 amide bonds. The summed E-state index contributed by atoms with van der Waals surface area (Å²) in [5.74, 6) is 0.149. The van der Waals surface area contributed by atoms with E-state index >= 15 is 0 Å². The van der Waals surface area contributed by atoms with Crippen molar-refractivity contribution in [3.8, 4) is 0 Å². The first kappa shape index (κ1) is 11.1. The van der Waals surface area contributed by atoms with Crippen molar-refractivity contribution in [1.29, 1.82) is 0 Å². The van der Waals surface area contributed by atoms with Crippen molar-refractivity contribution in [2.75, 3.05) is 13.6 Å². The number of hydrogen-bond donors (Lipinski definition) is 1. The van der Waals surface area contributed by atoms with Crippen LogP contribution in [0, 0.1) is 12.8 Å². The van der Waals surface area contributed by atoms with Gasteiger partial charge in [0.05, 0.1) is 6.10 Å². The van der Waals surface area contributed by atoms with Crippen LogP contribution < -0.4 is 0 Å². The fourth-order valence-electron chi connectivity index (χ4n) is 2.15. The molecule has 1 aliphatic rings. The van der Waals surface area contributed by atoms with Gasteiger partial charge in [0.15, 0.2) is 0 Å². The van der Waals surface area contributed by atoms with E-state index in [0.717, 1.165) is 5.56 Å². The number of likely N-dealkylation sites (tertiary alicyclic amines) is 1. The Kier molecular flexibility index (Phi) is 2.97. The predicted molar refractivity (Wildman–Crippen MR) is 61.9 cm³/mol. The van der Waals surface area contributed by atoms with Crippen molar-refractivity contribution < 1.29 is 9.90 Å². The molecule has 1 heterocycles. The molecule has 1 aliphatic heterocycles. The molecule has 0 aromatic heterocycles. The molecule has 1 fully saturated rings. The molecule has 0 saturated carbocycles. The van der Waals surface area contributed by atoms with Crippen molar-refractivity contribution in [2.45, 2.75) is 19.4 Å². The maximum Gasteiger partial charge on any atom is 0.222 e. The second kappa shape index (κ2) is 4.26. The average molecular weight is 219 g/mol. The van der Waals surface area contributed by atoms with E-state index in [1.807, 2.05) is 31.2 Å². The predicted octanol–water partition coefficient (Wildman–Crippen LogP) is 1.51. The van der Waals surface area contributed by atoms with Crippen LogP contribution >= 0.6 is 0 Å². The molecule has 2 atom stereocenters. The second-order valence-electron chi connectivity index (χ2n) is 4.59. The molecule has 3 heteroatoms. The number of aliphatic hydroxyl groups is 1. The van der Waals surface area contributed by atoms with Gasteiger partial charge >= 0.3 is 0 Å². The Bertz CT molecular complexity index is 385. The number of nitrogens with zero attached hydrogens (tertiary/aromatic N) is 1. The van der Waals surface area contributed by atoms with Gasteiger partial charge in [-0.1, -0.05) is 29.8 Å². The Morgan fingerprint density at radius 3 is 2.50 bits per heavy atom. The molecular weight excluding hydrogens is 202 g/mol. The fraction of sp³-hybridized carbons (Fsp3) is 0.462. The Balaban J connectivity index is 2.11. The molecule has 2 rings (SSSR count). The number of carbonyl (C=O) groups is 1. The first-order valence-electron chi connectivity index (χ1n) is 5.56. The summed E-state index contributed by atoms with van der Waals surface area (Å²) in [4.78, 5) is 13.1. The molecule has 0 bridgehead atoms.